The summed E-state index contributed by atoms with van der Waals surface area (Å²) < 4.78 is 1.06. The average molecular weight is 300 g/mol. The van der Waals surface area contributed by atoms with Crippen molar-refractivity contribution in [3.05, 3.63) is 28.2 Å². The molecule has 0 saturated carbocycles. The van der Waals surface area contributed by atoms with E-state index in [9.17, 15) is 5.11 Å². The Morgan fingerprint density at radius 1 is 1.35 bits per heavy atom. The van der Waals surface area contributed by atoms with Crippen molar-refractivity contribution in [2.75, 3.05) is 18.0 Å². The van der Waals surface area contributed by atoms with Crippen LogP contribution in [0.4, 0.5) is 5.69 Å². The molecule has 0 bridgehead atoms. The van der Waals surface area contributed by atoms with Crippen molar-refractivity contribution in [3.63, 3.8) is 0 Å². The fourth-order valence-electron chi connectivity index (χ4n) is 1.94. The quantitative estimate of drug-likeness (QED) is 0.854. The molecule has 1 aromatic carbocycles. The molecule has 1 aromatic rings. The molecule has 0 fully saturated rings. The lowest BCUT2D eigenvalue weighted by Crippen LogP contribution is -2.25. The van der Waals surface area contributed by atoms with Crippen molar-refractivity contribution < 1.29 is 5.11 Å². The molecule has 1 N–H and O–H groups in total. The van der Waals surface area contributed by atoms with Gasteiger partial charge in [-0.1, -0.05) is 35.3 Å². The first kappa shape index (κ1) is 14.5. The van der Waals surface area contributed by atoms with Gasteiger partial charge in [-0.25, -0.2) is 0 Å². The van der Waals surface area contributed by atoms with E-state index < -0.39 is 6.10 Å². The zero-order chi connectivity index (χ0) is 12.8. The van der Waals surface area contributed by atoms with Gasteiger partial charge in [-0.05, 0) is 32.4 Å². The van der Waals surface area contributed by atoms with Crippen LogP contribution in [0.5, 0.6) is 0 Å². The summed E-state index contributed by atoms with van der Waals surface area (Å²) in [5, 5.41) is 9.82. The number of halogens is 1. The van der Waals surface area contributed by atoms with Gasteiger partial charge in [0.2, 0.25) is 0 Å². The molecule has 0 aliphatic carbocycles. The molecule has 0 heterocycles. The van der Waals surface area contributed by atoms with E-state index in [0.29, 0.717) is 0 Å². The molecule has 0 radical (unpaired) electrons. The van der Waals surface area contributed by atoms with Crippen LogP contribution in [0.25, 0.3) is 0 Å². The van der Waals surface area contributed by atoms with Crippen molar-refractivity contribution in [1.82, 2.24) is 0 Å². The summed E-state index contributed by atoms with van der Waals surface area (Å²) in [6.45, 7) is 8.19. The molecule has 0 aliphatic heterocycles. The topological polar surface area (TPSA) is 23.5 Å². The summed E-state index contributed by atoms with van der Waals surface area (Å²) in [7, 11) is 0. The Morgan fingerprint density at radius 2 is 2.06 bits per heavy atom. The Hall–Kier alpha value is -0.540. The number of benzene rings is 1. The number of nitrogens with zero attached hydrogens (tertiary/aromatic N) is 1. The molecule has 17 heavy (non-hydrogen) atoms. The summed E-state index contributed by atoms with van der Waals surface area (Å²) in [5.74, 6) is 0. The molecule has 0 amide bonds. The second-order valence-electron chi connectivity index (χ2n) is 4.31. The molecule has 0 aliphatic rings. The highest BCUT2D eigenvalue weighted by Gasteiger charge is 2.13. The number of aliphatic hydroxyl groups excluding tert-OH is 1. The lowest BCUT2D eigenvalue weighted by atomic mass is 10.1. The van der Waals surface area contributed by atoms with Crippen molar-refractivity contribution in [2.45, 2.75) is 39.7 Å². The van der Waals surface area contributed by atoms with Crippen LogP contribution in [-0.2, 0) is 0 Å². The Kier molecular flexibility index (Phi) is 6.00. The number of hydrogen-bond acceptors (Lipinski definition) is 2. The average Bonchev–Trinajstić information content (AvgIpc) is 2.29. The van der Waals surface area contributed by atoms with E-state index in [1.54, 1.807) is 0 Å². The van der Waals surface area contributed by atoms with Gasteiger partial charge in [0.1, 0.15) is 0 Å². The minimum Gasteiger partial charge on any atom is -0.389 e. The maximum Gasteiger partial charge on any atom is 0.0782 e. The smallest absolute Gasteiger partial charge is 0.0782 e. The maximum atomic E-state index is 9.82. The standard InChI is InChI=1S/C14H22BrNO/c1-4-6-9-16(5-2)14-10-12(15)7-8-13(14)11(3)17/h7-8,10-11,17H,4-6,9H2,1-3H3. The molecule has 3 heteroatoms. The Bertz CT molecular complexity index is 352. The van der Waals surface area contributed by atoms with E-state index in [-0.39, 0.29) is 0 Å². The molecule has 0 spiro atoms. The van der Waals surface area contributed by atoms with E-state index in [0.717, 1.165) is 28.8 Å². The first-order chi connectivity index (χ1) is 8.10. The molecule has 1 atom stereocenters. The van der Waals surface area contributed by atoms with E-state index in [1.165, 1.54) is 12.8 Å². The first-order valence-electron chi connectivity index (χ1n) is 6.32. The highest BCUT2D eigenvalue weighted by atomic mass is 79.9. The zero-order valence-corrected chi connectivity index (χ0v) is 12.5. The van der Waals surface area contributed by atoms with Gasteiger partial charge < -0.3 is 10.0 Å². The van der Waals surface area contributed by atoms with Crippen molar-refractivity contribution in [2.24, 2.45) is 0 Å². The maximum absolute atomic E-state index is 9.82. The van der Waals surface area contributed by atoms with Crippen molar-refractivity contribution in [3.8, 4) is 0 Å². The number of aliphatic hydroxyl groups is 1. The van der Waals surface area contributed by atoms with Gasteiger partial charge in [-0.3, -0.25) is 0 Å². The van der Waals surface area contributed by atoms with Crippen LogP contribution in [0.15, 0.2) is 22.7 Å². The molecule has 0 aromatic heterocycles. The fraction of sp³-hybridized carbons (Fsp3) is 0.571. The Balaban J connectivity index is 3.02. The third-order valence-corrected chi connectivity index (χ3v) is 3.44. The second-order valence-corrected chi connectivity index (χ2v) is 5.23. The lowest BCUT2D eigenvalue weighted by molar-refractivity contribution is 0.199. The van der Waals surface area contributed by atoms with E-state index >= 15 is 0 Å². The zero-order valence-electron chi connectivity index (χ0n) is 10.9. The molecular formula is C14H22BrNO. The first-order valence-corrected chi connectivity index (χ1v) is 7.11. The highest BCUT2D eigenvalue weighted by Crippen LogP contribution is 2.29. The van der Waals surface area contributed by atoms with E-state index in [2.05, 4.69) is 40.7 Å². The van der Waals surface area contributed by atoms with Gasteiger partial charge in [-0.2, -0.15) is 0 Å². The summed E-state index contributed by atoms with van der Waals surface area (Å²) >= 11 is 3.50. The van der Waals surface area contributed by atoms with Crippen molar-refractivity contribution in [1.29, 1.82) is 0 Å². The predicted molar refractivity (Wildman–Crippen MR) is 77.6 cm³/mol. The minimum absolute atomic E-state index is 0.422. The van der Waals surface area contributed by atoms with E-state index in [1.807, 2.05) is 19.1 Å². The number of hydrogen-bond donors (Lipinski definition) is 1. The number of anilines is 1. The van der Waals surface area contributed by atoms with Crippen LogP contribution in [-0.4, -0.2) is 18.2 Å². The predicted octanol–water partition coefficient (Wildman–Crippen LogP) is 4.13. The molecule has 2 nitrogen and oxygen atoms in total. The summed E-state index contributed by atoms with van der Waals surface area (Å²) in [6, 6.07) is 6.08. The molecule has 96 valence electrons. The summed E-state index contributed by atoms with van der Waals surface area (Å²) in [6.07, 6.45) is 1.95. The fourth-order valence-corrected chi connectivity index (χ4v) is 2.29. The van der Waals surface area contributed by atoms with Crippen LogP contribution < -0.4 is 4.90 Å². The summed E-state index contributed by atoms with van der Waals surface area (Å²) in [4.78, 5) is 2.33. The van der Waals surface area contributed by atoms with Crippen LogP contribution in [0, 0.1) is 0 Å². The number of unbranched alkanes of at least 4 members (excludes halogenated alkanes) is 1. The molecular weight excluding hydrogens is 278 g/mol. The van der Waals surface area contributed by atoms with Crippen LogP contribution in [0.3, 0.4) is 0 Å². The van der Waals surface area contributed by atoms with Gasteiger partial charge in [0, 0.05) is 28.8 Å². The molecule has 1 unspecified atom stereocenters. The van der Waals surface area contributed by atoms with Crippen LogP contribution >= 0.6 is 15.9 Å². The highest BCUT2D eigenvalue weighted by molar-refractivity contribution is 9.10. The van der Waals surface area contributed by atoms with E-state index in [4.69, 9.17) is 0 Å². The van der Waals surface area contributed by atoms with Gasteiger partial charge in [0.25, 0.3) is 0 Å². The third kappa shape index (κ3) is 4.00. The minimum atomic E-state index is -0.422. The largest absolute Gasteiger partial charge is 0.389 e. The van der Waals surface area contributed by atoms with Crippen molar-refractivity contribution >= 4 is 21.6 Å². The van der Waals surface area contributed by atoms with Gasteiger partial charge >= 0.3 is 0 Å². The summed E-state index contributed by atoms with van der Waals surface area (Å²) in [5.41, 5.74) is 2.15. The van der Waals surface area contributed by atoms with Crippen LogP contribution in [0.1, 0.15) is 45.3 Å². The van der Waals surface area contributed by atoms with Gasteiger partial charge in [0.05, 0.1) is 6.10 Å². The lowest BCUT2D eigenvalue weighted by Gasteiger charge is -2.27. The third-order valence-electron chi connectivity index (χ3n) is 2.95. The number of rotatable bonds is 6. The van der Waals surface area contributed by atoms with Gasteiger partial charge in [0.15, 0.2) is 0 Å². The SMILES string of the molecule is CCCCN(CC)c1cc(Br)ccc1C(C)O. The molecule has 1 rings (SSSR count). The Labute approximate surface area is 113 Å². The Morgan fingerprint density at radius 3 is 2.59 bits per heavy atom. The monoisotopic (exact) mass is 299 g/mol. The molecule has 0 saturated heterocycles. The van der Waals surface area contributed by atoms with Crippen LogP contribution in [0.2, 0.25) is 0 Å². The normalized spacial score (nSPS) is 12.5. The second kappa shape index (κ2) is 7.02. The van der Waals surface area contributed by atoms with Gasteiger partial charge in [-0.15, -0.1) is 0 Å².